The highest BCUT2D eigenvalue weighted by Crippen LogP contribution is 2.19. The Kier molecular flexibility index (Phi) is 4.37. The number of ether oxygens (including phenoxy) is 1. The third-order valence-electron chi connectivity index (χ3n) is 3.62. The molecule has 0 aliphatic rings. The van der Waals surface area contributed by atoms with Crippen molar-refractivity contribution < 1.29 is 13.9 Å². The second kappa shape index (κ2) is 6.62. The molecule has 3 rings (SSSR count). The molecule has 124 valence electrons. The summed E-state index contributed by atoms with van der Waals surface area (Å²) in [5.41, 5.74) is 2.75. The first-order chi connectivity index (χ1) is 11.5. The molecular formula is C18H18N2O4. The summed E-state index contributed by atoms with van der Waals surface area (Å²) in [5, 5.41) is 2.72. The van der Waals surface area contributed by atoms with Crippen molar-refractivity contribution in [3.8, 4) is 5.75 Å². The number of H-pyrrole nitrogens is 1. The van der Waals surface area contributed by atoms with E-state index in [1.165, 1.54) is 5.56 Å². The molecule has 3 aromatic rings. The van der Waals surface area contributed by atoms with E-state index in [9.17, 15) is 9.59 Å². The van der Waals surface area contributed by atoms with Crippen LogP contribution in [0, 0.1) is 0 Å². The van der Waals surface area contributed by atoms with Gasteiger partial charge >= 0.3 is 5.76 Å². The van der Waals surface area contributed by atoms with Gasteiger partial charge < -0.3 is 14.5 Å². The number of aromatic nitrogens is 1. The van der Waals surface area contributed by atoms with Gasteiger partial charge in [-0.1, -0.05) is 26.0 Å². The molecule has 1 heterocycles. The first kappa shape index (κ1) is 15.9. The van der Waals surface area contributed by atoms with E-state index >= 15 is 0 Å². The van der Waals surface area contributed by atoms with E-state index < -0.39 is 5.76 Å². The molecule has 6 nitrogen and oxygen atoms in total. The lowest BCUT2D eigenvalue weighted by atomic mass is 10.0. The summed E-state index contributed by atoms with van der Waals surface area (Å²) in [7, 11) is 0. The Morgan fingerprint density at radius 1 is 1.21 bits per heavy atom. The maximum absolute atomic E-state index is 12.0. The van der Waals surface area contributed by atoms with Gasteiger partial charge in [-0.25, -0.2) is 4.79 Å². The Balaban J connectivity index is 1.59. The van der Waals surface area contributed by atoms with Crippen LogP contribution in [0.2, 0.25) is 0 Å². The molecule has 2 N–H and O–H groups in total. The highest BCUT2D eigenvalue weighted by Gasteiger charge is 2.07. The number of aromatic amines is 1. The molecule has 0 spiro atoms. The summed E-state index contributed by atoms with van der Waals surface area (Å²) < 4.78 is 10.4. The molecule has 1 aromatic heterocycles. The minimum Gasteiger partial charge on any atom is -0.484 e. The highest BCUT2D eigenvalue weighted by molar-refractivity contribution is 5.93. The number of amides is 1. The normalized spacial score (nSPS) is 11.0. The van der Waals surface area contributed by atoms with Crippen LogP contribution in [0.4, 0.5) is 5.69 Å². The van der Waals surface area contributed by atoms with Gasteiger partial charge in [0.2, 0.25) is 0 Å². The molecule has 2 aromatic carbocycles. The summed E-state index contributed by atoms with van der Waals surface area (Å²) in [6.07, 6.45) is 0. The van der Waals surface area contributed by atoms with Crippen molar-refractivity contribution in [1.82, 2.24) is 4.98 Å². The van der Waals surface area contributed by atoms with Crippen LogP contribution in [-0.4, -0.2) is 17.5 Å². The van der Waals surface area contributed by atoms with Crippen molar-refractivity contribution in [1.29, 1.82) is 0 Å². The van der Waals surface area contributed by atoms with Gasteiger partial charge in [-0.05, 0) is 41.8 Å². The molecule has 0 atom stereocenters. The number of nitrogens with one attached hydrogen (secondary N) is 2. The van der Waals surface area contributed by atoms with Crippen molar-refractivity contribution >= 4 is 22.7 Å². The van der Waals surface area contributed by atoms with Gasteiger partial charge in [-0.3, -0.25) is 9.78 Å². The van der Waals surface area contributed by atoms with Crippen LogP contribution in [0.1, 0.15) is 25.3 Å². The van der Waals surface area contributed by atoms with Crippen LogP contribution in [0.5, 0.6) is 5.75 Å². The molecule has 0 fully saturated rings. The van der Waals surface area contributed by atoms with Crippen molar-refractivity contribution in [3.63, 3.8) is 0 Å². The lowest BCUT2D eigenvalue weighted by Gasteiger charge is -2.09. The standard InChI is InChI=1S/C18H18N2O4/c1-11(2)12-3-6-14(7-4-12)23-10-17(21)19-13-5-8-16-15(9-13)20-18(22)24-16/h3-9,11H,10H2,1-2H3,(H,19,21)(H,20,22). The Hall–Kier alpha value is -3.02. The maximum atomic E-state index is 12.0. The second-order valence-electron chi connectivity index (χ2n) is 5.79. The maximum Gasteiger partial charge on any atom is 0.417 e. The Morgan fingerprint density at radius 3 is 2.67 bits per heavy atom. The van der Waals surface area contributed by atoms with Gasteiger partial charge in [0.1, 0.15) is 5.75 Å². The zero-order valence-corrected chi connectivity index (χ0v) is 13.5. The lowest BCUT2D eigenvalue weighted by molar-refractivity contribution is -0.118. The minimum absolute atomic E-state index is 0.0963. The predicted octanol–water partition coefficient (Wildman–Crippen LogP) is 3.26. The first-order valence-electron chi connectivity index (χ1n) is 7.67. The van der Waals surface area contributed by atoms with Gasteiger partial charge in [0, 0.05) is 5.69 Å². The lowest BCUT2D eigenvalue weighted by Crippen LogP contribution is -2.20. The van der Waals surface area contributed by atoms with Crippen LogP contribution < -0.4 is 15.8 Å². The van der Waals surface area contributed by atoms with Gasteiger partial charge in [0.25, 0.3) is 5.91 Å². The van der Waals surface area contributed by atoms with Crippen LogP contribution >= 0.6 is 0 Å². The first-order valence-corrected chi connectivity index (χ1v) is 7.67. The van der Waals surface area contributed by atoms with Crippen LogP contribution in [-0.2, 0) is 4.79 Å². The van der Waals surface area contributed by atoms with Gasteiger partial charge in [0.15, 0.2) is 12.2 Å². The van der Waals surface area contributed by atoms with Gasteiger partial charge in [0.05, 0.1) is 5.52 Å². The van der Waals surface area contributed by atoms with Crippen LogP contribution in [0.15, 0.2) is 51.7 Å². The molecule has 24 heavy (non-hydrogen) atoms. The third-order valence-corrected chi connectivity index (χ3v) is 3.62. The molecule has 6 heteroatoms. The van der Waals surface area contributed by atoms with E-state index in [2.05, 4.69) is 24.1 Å². The van der Waals surface area contributed by atoms with Crippen molar-refractivity contribution in [3.05, 3.63) is 58.6 Å². The quantitative estimate of drug-likeness (QED) is 0.753. The number of hydrogen-bond acceptors (Lipinski definition) is 4. The molecule has 0 unspecified atom stereocenters. The van der Waals surface area contributed by atoms with Crippen LogP contribution in [0.3, 0.4) is 0 Å². The average Bonchev–Trinajstić information content (AvgIpc) is 2.92. The summed E-state index contributed by atoms with van der Waals surface area (Å²) in [4.78, 5) is 25.6. The number of carbonyl (C=O) groups is 1. The minimum atomic E-state index is -0.526. The third kappa shape index (κ3) is 3.65. The number of fused-ring (bicyclic) bond motifs is 1. The Morgan fingerprint density at radius 2 is 1.96 bits per heavy atom. The SMILES string of the molecule is CC(C)c1ccc(OCC(=O)Nc2ccc3oc(=O)[nH]c3c2)cc1. The van der Waals surface area contributed by atoms with E-state index in [-0.39, 0.29) is 12.5 Å². The smallest absolute Gasteiger partial charge is 0.417 e. The molecule has 0 aliphatic heterocycles. The van der Waals surface area contributed by atoms with Gasteiger partial charge in [-0.15, -0.1) is 0 Å². The average molecular weight is 326 g/mol. The second-order valence-corrected chi connectivity index (χ2v) is 5.79. The van der Waals surface area contributed by atoms with E-state index in [0.29, 0.717) is 28.5 Å². The number of benzene rings is 2. The zero-order valence-electron chi connectivity index (χ0n) is 13.5. The topological polar surface area (TPSA) is 84.3 Å². The summed E-state index contributed by atoms with van der Waals surface area (Å²) in [6, 6.07) is 12.6. The van der Waals surface area contributed by atoms with Crippen molar-refractivity contribution in [2.75, 3.05) is 11.9 Å². The van der Waals surface area contributed by atoms with Gasteiger partial charge in [-0.2, -0.15) is 0 Å². The zero-order chi connectivity index (χ0) is 17.1. The number of hydrogen-bond donors (Lipinski definition) is 2. The monoisotopic (exact) mass is 326 g/mol. The van der Waals surface area contributed by atoms with E-state index in [0.717, 1.165) is 0 Å². The molecule has 0 aliphatic carbocycles. The van der Waals surface area contributed by atoms with E-state index in [1.807, 2.05) is 24.3 Å². The number of carbonyl (C=O) groups excluding carboxylic acids is 1. The Bertz CT molecular complexity index is 907. The molecule has 0 saturated carbocycles. The number of rotatable bonds is 5. The molecule has 0 saturated heterocycles. The number of anilines is 1. The summed E-state index contributed by atoms with van der Waals surface area (Å²) >= 11 is 0. The van der Waals surface area contributed by atoms with E-state index in [4.69, 9.17) is 9.15 Å². The van der Waals surface area contributed by atoms with Crippen molar-refractivity contribution in [2.45, 2.75) is 19.8 Å². The van der Waals surface area contributed by atoms with E-state index in [1.54, 1.807) is 18.2 Å². The Labute approximate surface area is 138 Å². The fraction of sp³-hybridized carbons (Fsp3) is 0.222. The van der Waals surface area contributed by atoms with Crippen LogP contribution in [0.25, 0.3) is 11.1 Å². The largest absolute Gasteiger partial charge is 0.484 e. The molecule has 0 radical (unpaired) electrons. The number of oxazole rings is 1. The van der Waals surface area contributed by atoms with Crippen molar-refractivity contribution in [2.24, 2.45) is 0 Å². The molecule has 0 bridgehead atoms. The summed E-state index contributed by atoms with van der Waals surface area (Å²) in [5.74, 6) is 0.283. The molecular weight excluding hydrogens is 308 g/mol. The highest BCUT2D eigenvalue weighted by atomic mass is 16.5. The molecule has 1 amide bonds. The predicted molar refractivity (Wildman–Crippen MR) is 91.5 cm³/mol. The fourth-order valence-corrected chi connectivity index (χ4v) is 2.32. The fourth-order valence-electron chi connectivity index (χ4n) is 2.32. The summed E-state index contributed by atoms with van der Waals surface area (Å²) in [6.45, 7) is 4.14.